The zero-order valence-corrected chi connectivity index (χ0v) is 7.12. The van der Waals surface area contributed by atoms with Crippen LogP contribution in [0.25, 0.3) is 0 Å². The lowest BCUT2D eigenvalue weighted by atomic mass is 10.0. The molecule has 0 aliphatic carbocycles. The smallest absolute Gasteiger partial charge is 0.0516 e. The molecule has 0 amide bonds. The first kappa shape index (κ1) is 7.29. The van der Waals surface area contributed by atoms with E-state index in [1.165, 1.54) is 16.8 Å². The number of nitrogens with zero attached hydrogens (tertiary/aromatic N) is 1. The topological polar surface area (TPSA) is 12.4 Å². The lowest BCUT2D eigenvalue weighted by Crippen LogP contribution is -1.98. The van der Waals surface area contributed by atoms with E-state index < -0.39 is 0 Å². The minimum Gasteiger partial charge on any atom is -0.261 e. The van der Waals surface area contributed by atoms with Crippen molar-refractivity contribution < 1.29 is 0 Å². The highest BCUT2D eigenvalue weighted by molar-refractivity contribution is 6.04. The van der Waals surface area contributed by atoms with Crippen molar-refractivity contribution >= 4 is 5.71 Å². The summed E-state index contributed by atoms with van der Waals surface area (Å²) >= 11 is 0. The first-order valence-electron chi connectivity index (χ1n) is 4.15. The van der Waals surface area contributed by atoms with Crippen molar-refractivity contribution in [1.29, 1.82) is 0 Å². The van der Waals surface area contributed by atoms with Crippen molar-refractivity contribution in [2.75, 3.05) is 0 Å². The molecule has 0 bridgehead atoms. The normalized spacial score (nSPS) is 14.9. The molecule has 0 saturated carbocycles. The van der Waals surface area contributed by atoms with E-state index in [-0.39, 0.29) is 0 Å². The van der Waals surface area contributed by atoms with Crippen molar-refractivity contribution in [3.8, 4) is 0 Å². The quantitative estimate of drug-likeness (QED) is 0.594. The van der Waals surface area contributed by atoms with Crippen LogP contribution >= 0.6 is 0 Å². The molecular formula is C11H11N. The van der Waals surface area contributed by atoms with E-state index in [4.69, 9.17) is 0 Å². The van der Waals surface area contributed by atoms with E-state index in [0.717, 1.165) is 6.42 Å². The van der Waals surface area contributed by atoms with Crippen LogP contribution in [0.3, 0.4) is 0 Å². The summed E-state index contributed by atoms with van der Waals surface area (Å²) < 4.78 is 0. The molecule has 0 N–H and O–H groups in total. The molecule has 0 atom stereocenters. The fourth-order valence-electron chi connectivity index (χ4n) is 1.44. The molecule has 0 saturated heterocycles. The number of hydrogen-bond acceptors (Lipinski definition) is 1. The van der Waals surface area contributed by atoms with E-state index >= 15 is 0 Å². The number of hydrogen-bond donors (Lipinski definition) is 0. The second kappa shape index (κ2) is 2.94. The summed E-state index contributed by atoms with van der Waals surface area (Å²) in [5.74, 6) is 0. The third-order valence-corrected chi connectivity index (χ3v) is 2.10. The highest BCUT2D eigenvalue weighted by atomic mass is 14.7. The Morgan fingerprint density at radius 1 is 1.25 bits per heavy atom. The largest absolute Gasteiger partial charge is 0.261 e. The average molecular weight is 157 g/mol. The second-order valence-electron chi connectivity index (χ2n) is 2.98. The molecule has 1 aliphatic rings. The number of aryl methyl sites for hydroxylation is 1. The van der Waals surface area contributed by atoms with Gasteiger partial charge in [0.25, 0.3) is 0 Å². The van der Waals surface area contributed by atoms with Crippen LogP contribution in [0.2, 0.25) is 0 Å². The fourth-order valence-corrected chi connectivity index (χ4v) is 1.44. The molecule has 60 valence electrons. The monoisotopic (exact) mass is 157 g/mol. The van der Waals surface area contributed by atoms with Gasteiger partial charge in [-0.25, -0.2) is 0 Å². The maximum absolute atomic E-state index is 4.30. The highest BCUT2D eigenvalue weighted by Crippen LogP contribution is 2.14. The molecule has 1 aromatic rings. The predicted octanol–water partition coefficient (Wildman–Crippen LogP) is 2.70. The van der Waals surface area contributed by atoms with Crippen LogP contribution in [-0.4, -0.2) is 5.71 Å². The van der Waals surface area contributed by atoms with Crippen LogP contribution in [0.4, 0.5) is 0 Å². The van der Waals surface area contributed by atoms with Crippen molar-refractivity contribution in [1.82, 2.24) is 0 Å². The molecule has 0 aromatic heterocycles. The zero-order chi connectivity index (χ0) is 8.39. The summed E-state index contributed by atoms with van der Waals surface area (Å²) in [5.41, 5.74) is 3.77. The van der Waals surface area contributed by atoms with Crippen molar-refractivity contribution in [3.05, 3.63) is 47.7 Å². The molecule has 1 aromatic carbocycles. The van der Waals surface area contributed by atoms with Crippen LogP contribution < -0.4 is 0 Å². The Morgan fingerprint density at radius 2 is 2.08 bits per heavy atom. The van der Waals surface area contributed by atoms with Crippen molar-refractivity contribution in [2.24, 2.45) is 4.99 Å². The Balaban J connectivity index is 2.40. The number of rotatable bonds is 1. The second-order valence-corrected chi connectivity index (χ2v) is 2.98. The molecule has 0 fully saturated rings. The summed E-state index contributed by atoms with van der Waals surface area (Å²) in [7, 11) is 0. The molecule has 1 nitrogen and oxygen atoms in total. The maximum Gasteiger partial charge on any atom is 0.0516 e. The minimum absolute atomic E-state index is 0.977. The summed E-state index contributed by atoms with van der Waals surface area (Å²) in [5, 5.41) is 0. The first-order chi connectivity index (χ1) is 5.88. The summed E-state index contributed by atoms with van der Waals surface area (Å²) in [6.07, 6.45) is 4.94. The van der Waals surface area contributed by atoms with Gasteiger partial charge in [0.15, 0.2) is 0 Å². The Morgan fingerprint density at radius 3 is 2.75 bits per heavy atom. The number of benzene rings is 1. The maximum atomic E-state index is 4.30. The van der Waals surface area contributed by atoms with E-state index in [1.807, 2.05) is 6.20 Å². The molecule has 12 heavy (non-hydrogen) atoms. The van der Waals surface area contributed by atoms with Gasteiger partial charge in [-0.15, -0.1) is 0 Å². The number of allylic oxidation sites excluding steroid dienone is 1. The third-order valence-electron chi connectivity index (χ3n) is 2.10. The molecule has 0 radical (unpaired) electrons. The van der Waals surface area contributed by atoms with Crippen molar-refractivity contribution in [2.45, 2.75) is 13.3 Å². The van der Waals surface area contributed by atoms with Gasteiger partial charge in [0.1, 0.15) is 0 Å². The van der Waals surface area contributed by atoms with Gasteiger partial charge in [-0.3, -0.25) is 4.99 Å². The van der Waals surface area contributed by atoms with Crippen LogP contribution in [-0.2, 0) is 0 Å². The van der Waals surface area contributed by atoms with Crippen LogP contribution in [0, 0.1) is 6.92 Å². The van der Waals surface area contributed by atoms with E-state index in [9.17, 15) is 0 Å². The van der Waals surface area contributed by atoms with Gasteiger partial charge in [0, 0.05) is 12.6 Å². The molecule has 1 heterocycles. The van der Waals surface area contributed by atoms with Crippen LogP contribution in [0.5, 0.6) is 0 Å². The van der Waals surface area contributed by atoms with Gasteiger partial charge in [-0.1, -0.05) is 30.3 Å². The lowest BCUT2D eigenvalue weighted by molar-refractivity contribution is 1.40. The molecule has 1 aliphatic heterocycles. The minimum atomic E-state index is 0.977. The molecule has 1 heteroatoms. The summed E-state index contributed by atoms with van der Waals surface area (Å²) in [4.78, 5) is 4.30. The van der Waals surface area contributed by atoms with Crippen molar-refractivity contribution in [3.63, 3.8) is 0 Å². The highest BCUT2D eigenvalue weighted by Gasteiger charge is 2.06. The Bertz CT molecular complexity index is 348. The summed E-state index contributed by atoms with van der Waals surface area (Å²) in [6.45, 7) is 2.12. The third kappa shape index (κ3) is 1.18. The Labute approximate surface area is 72.5 Å². The molecule has 2 rings (SSSR count). The fraction of sp³-hybridized carbons (Fsp3) is 0.182. The van der Waals surface area contributed by atoms with Gasteiger partial charge < -0.3 is 0 Å². The summed E-state index contributed by atoms with van der Waals surface area (Å²) in [6, 6.07) is 8.36. The SMILES string of the molecule is Cc1ccccc1C1=NC=CC1. The Kier molecular flexibility index (Phi) is 1.78. The number of aliphatic imine (C=N–C) groups is 1. The molecule has 0 unspecified atom stereocenters. The van der Waals surface area contributed by atoms with E-state index in [0.29, 0.717) is 0 Å². The molecular weight excluding hydrogens is 146 g/mol. The predicted molar refractivity (Wildman–Crippen MR) is 51.5 cm³/mol. The zero-order valence-electron chi connectivity index (χ0n) is 7.12. The standard InChI is InChI=1S/C11H11N/c1-9-5-2-3-6-10(9)11-7-4-8-12-11/h2-6,8H,7H2,1H3. The van der Waals surface area contributed by atoms with Gasteiger partial charge >= 0.3 is 0 Å². The average Bonchev–Trinajstić information content (AvgIpc) is 2.57. The van der Waals surface area contributed by atoms with Crippen LogP contribution in [0.15, 0.2) is 41.5 Å². The lowest BCUT2D eigenvalue weighted by Gasteiger charge is -2.03. The van der Waals surface area contributed by atoms with Crippen LogP contribution in [0.1, 0.15) is 17.5 Å². The van der Waals surface area contributed by atoms with Gasteiger partial charge in [-0.05, 0) is 18.1 Å². The molecule has 0 spiro atoms. The van der Waals surface area contributed by atoms with Gasteiger partial charge in [0.05, 0.1) is 5.71 Å². The van der Waals surface area contributed by atoms with Gasteiger partial charge in [-0.2, -0.15) is 0 Å². The van der Waals surface area contributed by atoms with E-state index in [2.05, 4.69) is 42.3 Å². The first-order valence-corrected chi connectivity index (χ1v) is 4.15. The van der Waals surface area contributed by atoms with E-state index in [1.54, 1.807) is 0 Å². The van der Waals surface area contributed by atoms with Gasteiger partial charge in [0.2, 0.25) is 0 Å². The Hall–Kier alpha value is -1.37.